The topological polar surface area (TPSA) is 43.4 Å². The Labute approximate surface area is 91.0 Å². The number of alkyl halides is 3. The zero-order valence-electron chi connectivity index (χ0n) is 8.07. The Kier molecular flexibility index (Phi) is 3.79. The van der Waals surface area contributed by atoms with Crippen molar-refractivity contribution >= 4 is 10.1 Å². The Morgan fingerprint density at radius 3 is 2.19 bits per heavy atom. The molecule has 3 nitrogen and oxygen atoms in total. The van der Waals surface area contributed by atoms with Crippen LogP contribution in [0, 0.1) is 0 Å². The fraction of sp³-hybridized carbons (Fsp3) is 0.333. The van der Waals surface area contributed by atoms with Gasteiger partial charge in [-0.3, -0.25) is 0 Å². The Hall–Kier alpha value is -1.24. The number of halogens is 3. The summed E-state index contributed by atoms with van der Waals surface area (Å²) in [5, 5.41) is 0. The molecule has 7 heteroatoms. The van der Waals surface area contributed by atoms with Crippen molar-refractivity contribution in [3.63, 3.8) is 0 Å². The van der Waals surface area contributed by atoms with Crippen LogP contribution < -0.4 is 4.18 Å². The van der Waals surface area contributed by atoms with E-state index in [0.29, 0.717) is 0 Å². The molecule has 0 aromatic heterocycles. The van der Waals surface area contributed by atoms with Gasteiger partial charge >= 0.3 is 16.3 Å². The molecule has 0 aliphatic heterocycles. The Morgan fingerprint density at radius 2 is 1.69 bits per heavy atom. The lowest BCUT2D eigenvalue weighted by Crippen LogP contribution is -2.20. The van der Waals surface area contributed by atoms with Crippen LogP contribution in [0.15, 0.2) is 30.3 Å². The number of benzene rings is 1. The Bertz CT molecular complexity index is 425. The van der Waals surface area contributed by atoms with Crippen molar-refractivity contribution < 1.29 is 25.8 Å². The third-order valence-electron chi connectivity index (χ3n) is 1.60. The van der Waals surface area contributed by atoms with Crippen molar-refractivity contribution in [2.45, 2.75) is 12.6 Å². The maximum atomic E-state index is 11.8. The molecule has 0 radical (unpaired) electrons. The molecule has 0 spiro atoms. The minimum atomic E-state index is -4.51. The van der Waals surface area contributed by atoms with Crippen LogP contribution in [0.1, 0.15) is 6.42 Å². The van der Waals surface area contributed by atoms with Crippen LogP contribution in [0.25, 0.3) is 0 Å². The average Bonchev–Trinajstić information content (AvgIpc) is 2.15. The van der Waals surface area contributed by atoms with Gasteiger partial charge in [-0.25, -0.2) is 0 Å². The molecule has 0 atom stereocenters. The highest BCUT2D eigenvalue weighted by Gasteiger charge is 2.30. The molecule has 1 aromatic rings. The Balaban J connectivity index is 2.60. The van der Waals surface area contributed by atoms with E-state index in [1.807, 2.05) is 0 Å². The van der Waals surface area contributed by atoms with E-state index in [-0.39, 0.29) is 5.75 Å². The summed E-state index contributed by atoms with van der Waals surface area (Å²) in [5.74, 6) is -1.07. The lowest BCUT2D eigenvalue weighted by molar-refractivity contribution is -0.130. The molecule has 0 aliphatic carbocycles. The van der Waals surface area contributed by atoms with Crippen LogP contribution in [0.3, 0.4) is 0 Å². The smallest absolute Gasteiger partial charge is 0.382 e. The highest BCUT2D eigenvalue weighted by atomic mass is 32.2. The van der Waals surface area contributed by atoms with Gasteiger partial charge in [-0.1, -0.05) is 18.2 Å². The first-order valence-electron chi connectivity index (χ1n) is 4.32. The van der Waals surface area contributed by atoms with E-state index in [2.05, 4.69) is 4.18 Å². The monoisotopic (exact) mass is 254 g/mol. The van der Waals surface area contributed by atoms with E-state index < -0.39 is 28.5 Å². The normalized spacial score (nSPS) is 12.4. The number of rotatable bonds is 4. The second kappa shape index (κ2) is 4.73. The zero-order valence-corrected chi connectivity index (χ0v) is 8.88. The third kappa shape index (κ3) is 5.01. The van der Waals surface area contributed by atoms with Gasteiger partial charge in [-0.2, -0.15) is 21.6 Å². The summed E-state index contributed by atoms with van der Waals surface area (Å²) >= 11 is 0. The largest absolute Gasteiger partial charge is 0.390 e. The summed E-state index contributed by atoms with van der Waals surface area (Å²) in [4.78, 5) is 0. The van der Waals surface area contributed by atoms with Crippen LogP contribution in [0.5, 0.6) is 5.75 Å². The van der Waals surface area contributed by atoms with E-state index in [4.69, 9.17) is 0 Å². The molecule has 0 saturated carbocycles. The van der Waals surface area contributed by atoms with Gasteiger partial charge in [0.15, 0.2) is 0 Å². The summed E-state index contributed by atoms with van der Waals surface area (Å²) in [6.07, 6.45) is -5.92. The minimum absolute atomic E-state index is 0.00433. The van der Waals surface area contributed by atoms with E-state index in [0.717, 1.165) is 0 Å². The molecule has 1 aromatic carbocycles. The minimum Gasteiger partial charge on any atom is -0.382 e. The van der Waals surface area contributed by atoms with Crippen molar-refractivity contribution in [2.75, 3.05) is 5.75 Å². The van der Waals surface area contributed by atoms with Gasteiger partial charge in [-0.05, 0) is 12.1 Å². The van der Waals surface area contributed by atoms with Gasteiger partial charge in [0.1, 0.15) is 5.75 Å². The molecule has 90 valence electrons. The average molecular weight is 254 g/mol. The van der Waals surface area contributed by atoms with Crippen LogP contribution >= 0.6 is 0 Å². The van der Waals surface area contributed by atoms with Crippen molar-refractivity contribution in [1.29, 1.82) is 0 Å². The molecular formula is C9H9F3O3S. The van der Waals surface area contributed by atoms with Crippen LogP contribution in [0.4, 0.5) is 13.2 Å². The van der Waals surface area contributed by atoms with Gasteiger partial charge in [0.25, 0.3) is 0 Å². The van der Waals surface area contributed by atoms with Crippen molar-refractivity contribution in [2.24, 2.45) is 0 Å². The Morgan fingerprint density at radius 1 is 1.12 bits per heavy atom. The molecule has 0 fully saturated rings. The summed E-state index contributed by atoms with van der Waals surface area (Å²) in [7, 11) is -4.19. The maximum absolute atomic E-state index is 11.8. The highest BCUT2D eigenvalue weighted by Crippen LogP contribution is 2.21. The SMILES string of the molecule is O=S(=O)(CCC(F)(F)F)Oc1ccccc1. The quantitative estimate of drug-likeness (QED) is 0.774. The van der Waals surface area contributed by atoms with Crippen LogP contribution in [-0.4, -0.2) is 20.3 Å². The fourth-order valence-corrected chi connectivity index (χ4v) is 1.87. The number of hydrogen-bond acceptors (Lipinski definition) is 3. The second-order valence-corrected chi connectivity index (χ2v) is 4.71. The first kappa shape index (κ1) is 12.8. The van der Waals surface area contributed by atoms with Gasteiger partial charge in [0.2, 0.25) is 0 Å². The van der Waals surface area contributed by atoms with E-state index >= 15 is 0 Å². The molecule has 0 bridgehead atoms. The third-order valence-corrected chi connectivity index (χ3v) is 2.75. The molecule has 0 heterocycles. The summed E-state index contributed by atoms with van der Waals surface area (Å²) in [5.41, 5.74) is 0. The summed E-state index contributed by atoms with van der Waals surface area (Å²) in [6, 6.07) is 7.38. The molecular weight excluding hydrogens is 245 g/mol. The summed E-state index contributed by atoms with van der Waals surface area (Å²) < 4.78 is 62.1. The predicted octanol–water partition coefficient (Wildman–Crippen LogP) is 2.35. The molecule has 16 heavy (non-hydrogen) atoms. The van der Waals surface area contributed by atoms with Gasteiger partial charge < -0.3 is 4.18 Å². The molecule has 1 rings (SSSR count). The van der Waals surface area contributed by atoms with Crippen LogP contribution in [0.2, 0.25) is 0 Å². The highest BCUT2D eigenvalue weighted by molar-refractivity contribution is 7.87. The number of hydrogen-bond donors (Lipinski definition) is 0. The lowest BCUT2D eigenvalue weighted by Gasteiger charge is -2.08. The van der Waals surface area contributed by atoms with E-state index in [9.17, 15) is 21.6 Å². The van der Waals surface area contributed by atoms with Crippen molar-refractivity contribution in [3.05, 3.63) is 30.3 Å². The fourth-order valence-electron chi connectivity index (χ4n) is 0.905. The first-order chi connectivity index (χ1) is 7.29. The molecule has 0 unspecified atom stereocenters. The first-order valence-corrected chi connectivity index (χ1v) is 5.90. The van der Waals surface area contributed by atoms with Crippen molar-refractivity contribution in [3.8, 4) is 5.75 Å². The number of para-hydroxylation sites is 1. The lowest BCUT2D eigenvalue weighted by atomic mass is 10.3. The van der Waals surface area contributed by atoms with Gasteiger partial charge in [0, 0.05) is 0 Å². The molecule has 0 N–H and O–H groups in total. The van der Waals surface area contributed by atoms with E-state index in [1.165, 1.54) is 24.3 Å². The standard InChI is InChI=1S/C9H9F3O3S/c10-9(11,12)6-7-16(13,14)15-8-4-2-1-3-5-8/h1-5H,6-7H2. The van der Waals surface area contributed by atoms with Crippen molar-refractivity contribution in [1.82, 2.24) is 0 Å². The predicted molar refractivity (Wildman–Crippen MR) is 51.5 cm³/mol. The van der Waals surface area contributed by atoms with E-state index in [1.54, 1.807) is 6.07 Å². The van der Waals surface area contributed by atoms with Gasteiger partial charge in [0.05, 0.1) is 12.2 Å². The molecule has 0 saturated heterocycles. The zero-order chi connectivity index (χ0) is 12.2. The van der Waals surface area contributed by atoms with Crippen LogP contribution in [-0.2, 0) is 10.1 Å². The molecule has 0 aliphatic rings. The second-order valence-electron chi connectivity index (χ2n) is 3.02. The maximum Gasteiger partial charge on any atom is 0.390 e. The molecule has 0 amide bonds. The van der Waals surface area contributed by atoms with Gasteiger partial charge in [-0.15, -0.1) is 0 Å². The summed E-state index contributed by atoms with van der Waals surface area (Å²) in [6.45, 7) is 0.